The standard InChI is InChI=1S/C10H19N3S/c1-9-7-12-10(14-9)8-11-5-4-6-13(2)3/h7,11H,4-6,8H2,1-3H3. The molecule has 0 fully saturated rings. The molecule has 0 unspecified atom stereocenters. The molecule has 0 saturated heterocycles. The van der Waals surface area contributed by atoms with Crippen LogP contribution in [0.5, 0.6) is 0 Å². The predicted octanol–water partition coefficient (Wildman–Crippen LogP) is 1.49. The number of aryl methyl sites for hydroxylation is 1. The molecule has 0 spiro atoms. The van der Waals surface area contributed by atoms with E-state index in [-0.39, 0.29) is 0 Å². The first-order valence-corrected chi connectivity index (χ1v) is 5.77. The maximum atomic E-state index is 4.29. The van der Waals surface area contributed by atoms with Gasteiger partial charge in [-0.1, -0.05) is 0 Å². The molecule has 0 aromatic carbocycles. The Labute approximate surface area is 90.2 Å². The molecule has 4 heteroatoms. The Morgan fingerprint density at radius 1 is 1.50 bits per heavy atom. The van der Waals surface area contributed by atoms with Crippen LogP contribution >= 0.6 is 11.3 Å². The Balaban J connectivity index is 2.04. The molecule has 0 aliphatic carbocycles. The molecule has 14 heavy (non-hydrogen) atoms. The number of nitrogens with zero attached hydrogens (tertiary/aromatic N) is 2. The lowest BCUT2D eigenvalue weighted by molar-refractivity contribution is 0.394. The molecule has 1 heterocycles. The van der Waals surface area contributed by atoms with Gasteiger partial charge in [0.2, 0.25) is 0 Å². The van der Waals surface area contributed by atoms with Crippen molar-refractivity contribution in [1.29, 1.82) is 0 Å². The van der Waals surface area contributed by atoms with Gasteiger partial charge < -0.3 is 10.2 Å². The highest BCUT2D eigenvalue weighted by atomic mass is 32.1. The van der Waals surface area contributed by atoms with Crippen molar-refractivity contribution in [1.82, 2.24) is 15.2 Å². The maximum absolute atomic E-state index is 4.29. The second-order valence-electron chi connectivity index (χ2n) is 3.70. The summed E-state index contributed by atoms with van der Waals surface area (Å²) in [6.07, 6.45) is 3.12. The topological polar surface area (TPSA) is 28.2 Å². The Morgan fingerprint density at radius 3 is 2.86 bits per heavy atom. The van der Waals surface area contributed by atoms with Crippen LogP contribution in [0.1, 0.15) is 16.3 Å². The molecule has 80 valence electrons. The minimum Gasteiger partial charge on any atom is -0.310 e. The fraction of sp³-hybridized carbons (Fsp3) is 0.700. The molecule has 0 atom stereocenters. The molecular weight excluding hydrogens is 194 g/mol. The van der Waals surface area contributed by atoms with Crippen LogP contribution in [0.2, 0.25) is 0 Å². The molecule has 0 amide bonds. The van der Waals surface area contributed by atoms with Gasteiger partial charge in [-0.2, -0.15) is 0 Å². The maximum Gasteiger partial charge on any atom is 0.107 e. The number of hydrogen-bond acceptors (Lipinski definition) is 4. The van der Waals surface area contributed by atoms with Crippen molar-refractivity contribution < 1.29 is 0 Å². The Bertz CT molecular complexity index is 258. The molecular formula is C10H19N3S. The van der Waals surface area contributed by atoms with Crippen LogP contribution in [-0.2, 0) is 6.54 Å². The van der Waals surface area contributed by atoms with Crippen LogP contribution < -0.4 is 5.32 Å². The van der Waals surface area contributed by atoms with Crippen molar-refractivity contribution in [2.75, 3.05) is 27.2 Å². The summed E-state index contributed by atoms with van der Waals surface area (Å²) in [5.74, 6) is 0. The monoisotopic (exact) mass is 213 g/mol. The first-order valence-electron chi connectivity index (χ1n) is 4.95. The van der Waals surface area contributed by atoms with E-state index in [0.29, 0.717) is 0 Å². The van der Waals surface area contributed by atoms with Gasteiger partial charge in [-0.3, -0.25) is 0 Å². The molecule has 3 nitrogen and oxygen atoms in total. The summed E-state index contributed by atoms with van der Waals surface area (Å²) in [6, 6.07) is 0. The van der Waals surface area contributed by atoms with Crippen LogP contribution in [0.3, 0.4) is 0 Å². The van der Waals surface area contributed by atoms with Crippen LogP contribution in [0.25, 0.3) is 0 Å². The molecule has 1 N–H and O–H groups in total. The number of thiazole rings is 1. The highest BCUT2D eigenvalue weighted by Gasteiger charge is 1.97. The highest BCUT2D eigenvalue weighted by Crippen LogP contribution is 2.10. The van der Waals surface area contributed by atoms with Gasteiger partial charge in [0, 0.05) is 17.6 Å². The fourth-order valence-corrected chi connectivity index (χ4v) is 1.96. The van der Waals surface area contributed by atoms with E-state index < -0.39 is 0 Å². The summed E-state index contributed by atoms with van der Waals surface area (Å²) in [5, 5.41) is 4.58. The molecule has 1 aromatic heterocycles. The van der Waals surface area contributed by atoms with Crippen LogP contribution in [0, 0.1) is 6.92 Å². The van der Waals surface area contributed by atoms with E-state index in [1.165, 1.54) is 16.3 Å². The number of hydrogen-bond donors (Lipinski definition) is 1. The Hall–Kier alpha value is -0.450. The SMILES string of the molecule is Cc1cnc(CNCCCN(C)C)s1. The molecule has 0 aliphatic rings. The number of rotatable bonds is 6. The lowest BCUT2D eigenvalue weighted by Gasteiger charge is -2.08. The van der Waals surface area contributed by atoms with Gasteiger partial charge in [-0.25, -0.2) is 4.98 Å². The first kappa shape index (κ1) is 11.6. The lowest BCUT2D eigenvalue weighted by Crippen LogP contribution is -2.20. The first-order chi connectivity index (χ1) is 6.68. The molecule has 0 radical (unpaired) electrons. The second kappa shape index (κ2) is 6.11. The highest BCUT2D eigenvalue weighted by molar-refractivity contribution is 7.11. The van der Waals surface area contributed by atoms with E-state index in [4.69, 9.17) is 0 Å². The summed E-state index contributed by atoms with van der Waals surface area (Å²) in [5.41, 5.74) is 0. The van der Waals surface area contributed by atoms with E-state index in [2.05, 4.69) is 36.2 Å². The minimum absolute atomic E-state index is 0.909. The van der Waals surface area contributed by atoms with E-state index in [1.54, 1.807) is 11.3 Å². The summed E-state index contributed by atoms with van der Waals surface area (Å²) < 4.78 is 0. The van der Waals surface area contributed by atoms with Gasteiger partial charge in [0.1, 0.15) is 5.01 Å². The molecule has 1 aromatic rings. The zero-order valence-electron chi connectivity index (χ0n) is 9.21. The Morgan fingerprint density at radius 2 is 2.29 bits per heavy atom. The van der Waals surface area contributed by atoms with E-state index in [0.717, 1.165) is 19.6 Å². The van der Waals surface area contributed by atoms with Crippen LogP contribution in [0.15, 0.2) is 6.20 Å². The third-order valence-corrected chi connectivity index (χ3v) is 2.82. The van der Waals surface area contributed by atoms with Gasteiger partial charge >= 0.3 is 0 Å². The van der Waals surface area contributed by atoms with Crippen molar-refractivity contribution >= 4 is 11.3 Å². The summed E-state index contributed by atoms with van der Waals surface area (Å²) in [4.78, 5) is 7.78. The van der Waals surface area contributed by atoms with Crippen molar-refractivity contribution in [2.24, 2.45) is 0 Å². The van der Waals surface area contributed by atoms with Crippen LogP contribution in [0.4, 0.5) is 0 Å². The van der Waals surface area contributed by atoms with E-state index in [9.17, 15) is 0 Å². The molecule has 0 aliphatic heterocycles. The van der Waals surface area contributed by atoms with Gasteiger partial charge in [-0.15, -0.1) is 11.3 Å². The summed E-state index contributed by atoms with van der Waals surface area (Å²) >= 11 is 1.77. The number of nitrogens with one attached hydrogen (secondary N) is 1. The van der Waals surface area contributed by atoms with Crippen molar-refractivity contribution in [2.45, 2.75) is 19.9 Å². The quantitative estimate of drug-likeness (QED) is 0.726. The Kier molecular flexibility index (Phi) is 5.07. The average molecular weight is 213 g/mol. The van der Waals surface area contributed by atoms with Gasteiger partial charge in [-0.05, 0) is 40.5 Å². The normalized spacial score (nSPS) is 11.1. The van der Waals surface area contributed by atoms with E-state index in [1.807, 2.05) is 6.20 Å². The largest absolute Gasteiger partial charge is 0.310 e. The fourth-order valence-electron chi connectivity index (χ4n) is 1.20. The molecule has 1 rings (SSSR count). The lowest BCUT2D eigenvalue weighted by atomic mass is 10.4. The average Bonchev–Trinajstić information content (AvgIpc) is 2.50. The zero-order chi connectivity index (χ0) is 10.4. The summed E-state index contributed by atoms with van der Waals surface area (Å²) in [6.45, 7) is 5.21. The van der Waals surface area contributed by atoms with Crippen LogP contribution in [-0.4, -0.2) is 37.1 Å². The number of aromatic nitrogens is 1. The third kappa shape index (κ3) is 4.69. The van der Waals surface area contributed by atoms with Gasteiger partial charge in [0.25, 0.3) is 0 Å². The van der Waals surface area contributed by atoms with Gasteiger partial charge in [0.05, 0.1) is 0 Å². The molecule has 0 bridgehead atoms. The second-order valence-corrected chi connectivity index (χ2v) is 5.02. The molecule has 0 saturated carbocycles. The van der Waals surface area contributed by atoms with Gasteiger partial charge in [0.15, 0.2) is 0 Å². The minimum atomic E-state index is 0.909. The summed E-state index contributed by atoms with van der Waals surface area (Å²) in [7, 11) is 4.20. The predicted molar refractivity (Wildman–Crippen MR) is 61.7 cm³/mol. The van der Waals surface area contributed by atoms with E-state index >= 15 is 0 Å². The third-order valence-electron chi connectivity index (χ3n) is 1.90. The van der Waals surface area contributed by atoms with Crippen molar-refractivity contribution in [3.05, 3.63) is 16.1 Å². The van der Waals surface area contributed by atoms with Crippen molar-refractivity contribution in [3.8, 4) is 0 Å². The smallest absolute Gasteiger partial charge is 0.107 e. The van der Waals surface area contributed by atoms with Crippen molar-refractivity contribution in [3.63, 3.8) is 0 Å². The zero-order valence-corrected chi connectivity index (χ0v) is 10.0.